The highest BCUT2D eigenvalue weighted by molar-refractivity contribution is 7.92. The van der Waals surface area contributed by atoms with Crippen molar-refractivity contribution < 1.29 is 21.6 Å². The number of anilines is 1. The van der Waals surface area contributed by atoms with Gasteiger partial charge in [-0.3, -0.25) is 0 Å². The summed E-state index contributed by atoms with van der Waals surface area (Å²) in [5.74, 6) is -1.49. The van der Waals surface area contributed by atoms with Crippen LogP contribution >= 0.6 is 0 Å². The van der Waals surface area contributed by atoms with Crippen LogP contribution in [-0.2, 0) is 16.6 Å². The second kappa shape index (κ2) is 6.40. The van der Waals surface area contributed by atoms with Crippen LogP contribution in [0, 0.1) is 11.6 Å². The van der Waals surface area contributed by atoms with E-state index < -0.39 is 26.6 Å². The summed E-state index contributed by atoms with van der Waals surface area (Å²) in [5.41, 5.74) is 0. The first-order valence-corrected chi connectivity index (χ1v) is 8.33. The lowest BCUT2D eigenvalue weighted by Gasteiger charge is -2.22. The van der Waals surface area contributed by atoms with E-state index in [1.54, 1.807) is 24.3 Å². The van der Waals surface area contributed by atoms with E-state index in [4.69, 9.17) is 4.42 Å². The lowest BCUT2D eigenvalue weighted by Crippen LogP contribution is -2.31. The maximum atomic E-state index is 13.4. The van der Waals surface area contributed by atoms with Crippen LogP contribution in [0.1, 0.15) is 5.76 Å². The molecule has 0 bridgehead atoms. The molecule has 2 aromatic heterocycles. The molecule has 3 aromatic rings. The first-order chi connectivity index (χ1) is 11.5. The predicted octanol–water partition coefficient (Wildman–Crippen LogP) is 3.35. The average molecular weight is 350 g/mol. The van der Waals surface area contributed by atoms with Gasteiger partial charge in [0.1, 0.15) is 23.2 Å². The molecule has 1 aromatic carbocycles. The Labute approximate surface area is 137 Å². The molecule has 0 aliphatic heterocycles. The topological polar surface area (TPSA) is 63.4 Å². The van der Waals surface area contributed by atoms with Crippen molar-refractivity contribution in [3.05, 3.63) is 78.4 Å². The van der Waals surface area contributed by atoms with Crippen molar-refractivity contribution in [1.29, 1.82) is 0 Å². The van der Waals surface area contributed by atoms with Gasteiger partial charge in [0.15, 0.2) is 0 Å². The van der Waals surface area contributed by atoms with E-state index in [9.17, 15) is 17.2 Å². The third kappa shape index (κ3) is 3.28. The van der Waals surface area contributed by atoms with Gasteiger partial charge in [0.25, 0.3) is 10.0 Å². The average Bonchev–Trinajstić information content (AvgIpc) is 3.05. The number of benzene rings is 1. The van der Waals surface area contributed by atoms with Crippen LogP contribution in [0.15, 0.2) is 70.3 Å². The fourth-order valence-electron chi connectivity index (χ4n) is 2.14. The minimum absolute atomic E-state index is 0.110. The van der Waals surface area contributed by atoms with E-state index >= 15 is 0 Å². The summed E-state index contributed by atoms with van der Waals surface area (Å²) >= 11 is 0. The summed E-state index contributed by atoms with van der Waals surface area (Å²) in [7, 11) is -4.24. The molecule has 3 rings (SSSR count). The molecule has 0 amide bonds. The maximum absolute atomic E-state index is 13.4. The molecule has 0 saturated carbocycles. The fourth-order valence-corrected chi connectivity index (χ4v) is 3.57. The zero-order valence-corrected chi connectivity index (χ0v) is 13.1. The lowest BCUT2D eigenvalue weighted by molar-refractivity contribution is 0.507. The summed E-state index contributed by atoms with van der Waals surface area (Å²) in [6.45, 7) is -0.162. The molecule has 2 heterocycles. The first kappa shape index (κ1) is 16.1. The predicted molar refractivity (Wildman–Crippen MR) is 82.7 cm³/mol. The Balaban J connectivity index is 2.09. The Morgan fingerprint density at radius 2 is 1.79 bits per heavy atom. The summed E-state index contributed by atoms with van der Waals surface area (Å²) in [5, 5.41) is 0. The molecule has 124 valence electrons. The normalized spacial score (nSPS) is 11.4. The summed E-state index contributed by atoms with van der Waals surface area (Å²) in [4.78, 5) is 3.51. The zero-order chi connectivity index (χ0) is 17.2. The van der Waals surface area contributed by atoms with E-state index in [-0.39, 0.29) is 12.4 Å². The Bertz CT molecular complexity index is 909. The smallest absolute Gasteiger partial charge is 0.266 e. The quantitative estimate of drug-likeness (QED) is 0.708. The Morgan fingerprint density at radius 3 is 2.38 bits per heavy atom. The van der Waals surface area contributed by atoms with Gasteiger partial charge in [-0.2, -0.15) is 0 Å². The van der Waals surface area contributed by atoms with E-state index in [0.29, 0.717) is 11.8 Å². The van der Waals surface area contributed by atoms with Gasteiger partial charge in [-0.15, -0.1) is 0 Å². The molecule has 0 saturated heterocycles. The highest BCUT2D eigenvalue weighted by Gasteiger charge is 2.28. The van der Waals surface area contributed by atoms with E-state index in [1.807, 2.05) is 0 Å². The van der Waals surface area contributed by atoms with Gasteiger partial charge in [-0.25, -0.2) is 26.5 Å². The van der Waals surface area contributed by atoms with Crippen LogP contribution in [0.25, 0.3) is 0 Å². The Hall–Kier alpha value is -2.74. The number of sulfonamides is 1. The molecule has 0 atom stereocenters. The van der Waals surface area contributed by atoms with Gasteiger partial charge in [0.05, 0.1) is 17.7 Å². The number of hydrogen-bond acceptors (Lipinski definition) is 4. The van der Waals surface area contributed by atoms with E-state index in [2.05, 4.69) is 4.98 Å². The highest BCUT2D eigenvalue weighted by atomic mass is 32.2. The van der Waals surface area contributed by atoms with Crippen molar-refractivity contribution >= 4 is 15.8 Å². The zero-order valence-electron chi connectivity index (χ0n) is 12.3. The van der Waals surface area contributed by atoms with Crippen LogP contribution in [-0.4, -0.2) is 13.4 Å². The molecule has 8 heteroatoms. The minimum atomic E-state index is -4.24. The van der Waals surface area contributed by atoms with Crippen molar-refractivity contribution in [2.24, 2.45) is 0 Å². The molecular formula is C16H12F2N2O3S. The molecule has 5 nitrogen and oxygen atoms in total. The summed E-state index contributed by atoms with van der Waals surface area (Å²) in [6, 6.07) is 10.1. The minimum Gasteiger partial charge on any atom is -0.467 e. The number of pyridine rings is 1. The van der Waals surface area contributed by atoms with E-state index in [1.165, 1.54) is 18.5 Å². The standard InChI is InChI=1S/C16H12F2N2O3S/c17-12-8-13(18)10-15(9-12)24(21,22)20(11-14-4-3-7-23-14)16-5-1-2-6-19-16/h1-10H,11H2. The van der Waals surface area contributed by atoms with Crippen molar-refractivity contribution in [2.45, 2.75) is 11.4 Å². The van der Waals surface area contributed by atoms with Gasteiger partial charge < -0.3 is 4.42 Å². The van der Waals surface area contributed by atoms with Gasteiger partial charge in [-0.1, -0.05) is 6.07 Å². The van der Waals surface area contributed by atoms with Gasteiger partial charge in [0, 0.05) is 12.3 Å². The monoisotopic (exact) mass is 350 g/mol. The lowest BCUT2D eigenvalue weighted by atomic mass is 10.3. The molecule has 0 fully saturated rings. The van der Waals surface area contributed by atoms with Crippen LogP contribution in [0.3, 0.4) is 0 Å². The fraction of sp³-hybridized carbons (Fsp3) is 0.0625. The first-order valence-electron chi connectivity index (χ1n) is 6.89. The summed E-state index contributed by atoms with van der Waals surface area (Å²) < 4.78 is 58.8. The molecule has 0 aliphatic carbocycles. The molecular weight excluding hydrogens is 338 g/mol. The third-order valence-corrected chi connectivity index (χ3v) is 4.94. The number of rotatable bonds is 5. The Kier molecular flexibility index (Phi) is 4.30. The molecule has 0 N–H and O–H groups in total. The van der Waals surface area contributed by atoms with Crippen LogP contribution in [0.2, 0.25) is 0 Å². The molecule has 0 spiro atoms. The molecule has 0 unspecified atom stereocenters. The SMILES string of the molecule is O=S(=O)(c1cc(F)cc(F)c1)N(Cc1ccco1)c1ccccn1. The molecule has 0 radical (unpaired) electrons. The third-order valence-electron chi connectivity index (χ3n) is 3.21. The van der Waals surface area contributed by atoms with Gasteiger partial charge >= 0.3 is 0 Å². The van der Waals surface area contributed by atoms with Crippen molar-refractivity contribution in [3.63, 3.8) is 0 Å². The number of nitrogens with zero attached hydrogens (tertiary/aromatic N) is 2. The van der Waals surface area contributed by atoms with Gasteiger partial charge in [-0.05, 0) is 36.4 Å². The largest absolute Gasteiger partial charge is 0.467 e. The van der Waals surface area contributed by atoms with Crippen molar-refractivity contribution in [2.75, 3.05) is 4.31 Å². The van der Waals surface area contributed by atoms with Crippen LogP contribution in [0.4, 0.5) is 14.6 Å². The van der Waals surface area contributed by atoms with Gasteiger partial charge in [0.2, 0.25) is 0 Å². The second-order valence-corrected chi connectivity index (χ2v) is 6.75. The van der Waals surface area contributed by atoms with Crippen LogP contribution in [0.5, 0.6) is 0 Å². The van der Waals surface area contributed by atoms with Crippen molar-refractivity contribution in [1.82, 2.24) is 4.98 Å². The maximum Gasteiger partial charge on any atom is 0.266 e. The number of halogens is 2. The number of hydrogen-bond donors (Lipinski definition) is 0. The molecule has 0 aliphatic rings. The second-order valence-electron chi connectivity index (χ2n) is 4.88. The van der Waals surface area contributed by atoms with Crippen LogP contribution < -0.4 is 4.31 Å². The Morgan fingerprint density at radius 1 is 1.04 bits per heavy atom. The number of furan rings is 1. The van der Waals surface area contributed by atoms with E-state index in [0.717, 1.165) is 16.4 Å². The molecule has 24 heavy (non-hydrogen) atoms. The highest BCUT2D eigenvalue weighted by Crippen LogP contribution is 2.25. The van der Waals surface area contributed by atoms with Crippen molar-refractivity contribution in [3.8, 4) is 0 Å². The summed E-state index contributed by atoms with van der Waals surface area (Å²) in [6.07, 6.45) is 2.83. The number of aromatic nitrogens is 1.